The average Bonchev–Trinajstić information content (AvgIpc) is 2.68. The van der Waals surface area contributed by atoms with Crippen molar-refractivity contribution in [3.63, 3.8) is 0 Å². The fraction of sp³-hybridized carbons (Fsp3) is 0.591. The molecule has 1 amide bonds. The summed E-state index contributed by atoms with van der Waals surface area (Å²) in [5.74, 6) is 6.91. The van der Waals surface area contributed by atoms with Crippen LogP contribution in [0, 0.1) is 17.8 Å². The molecule has 168 valence electrons. The highest BCUT2D eigenvalue weighted by atomic mass is 32.2. The standard InChI is InChI=1S/C22H34N2O5S/c1-5-24(6-2)20-17-19(11-10-18(3)4)12-13-21(20)29-15-7-9-22(25)23-14-8-16-30(26,27)28/h12-13,17-18H,5-9,14-16H2,1-4H3,(H,23,25)(H,26,27,28). The van der Waals surface area contributed by atoms with Gasteiger partial charge in [0.05, 0.1) is 18.0 Å². The number of hydrogen-bond acceptors (Lipinski definition) is 5. The molecule has 0 unspecified atom stereocenters. The third-order valence-electron chi connectivity index (χ3n) is 4.28. The molecule has 0 fully saturated rings. The Morgan fingerprint density at radius 2 is 1.93 bits per heavy atom. The van der Waals surface area contributed by atoms with Gasteiger partial charge in [-0.1, -0.05) is 25.7 Å². The predicted molar refractivity (Wildman–Crippen MR) is 120 cm³/mol. The molecular weight excluding hydrogens is 404 g/mol. The van der Waals surface area contributed by atoms with Crippen LogP contribution in [-0.2, 0) is 14.9 Å². The Balaban J connectivity index is 2.59. The largest absolute Gasteiger partial charge is 0.491 e. The zero-order chi connectivity index (χ0) is 22.6. The van der Waals surface area contributed by atoms with E-state index in [0.29, 0.717) is 18.9 Å². The van der Waals surface area contributed by atoms with Gasteiger partial charge in [0, 0.05) is 37.5 Å². The Morgan fingerprint density at radius 1 is 1.23 bits per heavy atom. The van der Waals surface area contributed by atoms with Gasteiger partial charge in [0.25, 0.3) is 10.1 Å². The normalized spacial score (nSPS) is 11.0. The SMILES string of the molecule is CCN(CC)c1cc(C#CC(C)C)ccc1OCCCC(=O)NCCCS(=O)(=O)O. The van der Waals surface area contributed by atoms with Gasteiger partial charge in [-0.3, -0.25) is 9.35 Å². The number of nitrogens with zero attached hydrogens (tertiary/aromatic N) is 1. The molecule has 0 spiro atoms. The van der Waals surface area contributed by atoms with Crippen LogP contribution in [0.1, 0.15) is 52.5 Å². The topological polar surface area (TPSA) is 95.9 Å². The van der Waals surface area contributed by atoms with Gasteiger partial charge >= 0.3 is 0 Å². The summed E-state index contributed by atoms with van der Waals surface area (Å²) in [5, 5.41) is 2.64. The van der Waals surface area contributed by atoms with Crippen molar-refractivity contribution in [3.8, 4) is 17.6 Å². The van der Waals surface area contributed by atoms with Crippen LogP contribution in [0.2, 0.25) is 0 Å². The quantitative estimate of drug-likeness (QED) is 0.296. The lowest BCUT2D eigenvalue weighted by Gasteiger charge is -2.24. The molecule has 0 aromatic heterocycles. The summed E-state index contributed by atoms with van der Waals surface area (Å²) >= 11 is 0. The van der Waals surface area contributed by atoms with Crippen LogP contribution in [0.25, 0.3) is 0 Å². The highest BCUT2D eigenvalue weighted by molar-refractivity contribution is 7.85. The lowest BCUT2D eigenvalue weighted by atomic mass is 10.1. The fourth-order valence-electron chi connectivity index (χ4n) is 2.74. The number of nitrogens with one attached hydrogen (secondary N) is 1. The number of carbonyl (C=O) groups excluding carboxylic acids is 1. The van der Waals surface area contributed by atoms with Gasteiger partial charge in [-0.2, -0.15) is 8.42 Å². The van der Waals surface area contributed by atoms with Crippen LogP contribution >= 0.6 is 0 Å². The summed E-state index contributed by atoms with van der Waals surface area (Å²) in [6.07, 6.45) is 1.00. The summed E-state index contributed by atoms with van der Waals surface area (Å²) in [7, 11) is -3.98. The van der Waals surface area contributed by atoms with Gasteiger partial charge in [0.2, 0.25) is 5.91 Å². The summed E-state index contributed by atoms with van der Waals surface area (Å²) in [6, 6.07) is 5.91. The second kappa shape index (κ2) is 13.1. The first-order chi connectivity index (χ1) is 14.2. The Morgan fingerprint density at radius 3 is 2.53 bits per heavy atom. The van der Waals surface area contributed by atoms with Crippen molar-refractivity contribution in [2.45, 2.75) is 47.0 Å². The zero-order valence-corrected chi connectivity index (χ0v) is 19.2. The molecule has 0 saturated carbocycles. The molecule has 8 heteroatoms. The van der Waals surface area contributed by atoms with E-state index in [4.69, 9.17) is 9.29 Å². The van der Waals surface area contributed by atoms with Crippen molar-refractivity contribution < 1.29 is 22.5 Å². The minimum absolute atomic E-state index is 0.169. The van der Waals surface area contributed by atoms with E-state index in [9.17, 15) is 13.2 Å². The smallest absolute Gasteiger partial charge is 0.264 e. The molecule has 1 rings (SSSR count). The molecule has 0 bridgehead atoms. The van der Waals surface area contributed by atoms with E-state index in [-0.39, 0.29) is 31.0 Å². The maximum atomic E-state index is 11.8. The van der Waals surface area contributed by atoms with E-state index >= 15 is 0 Å². The fourth-order valence-corrected chi connectivity index (χ4v) is 3.25. The van der Waals surface area contributed by atoms with Crippen LogP contribution in [0.3, 0.4) is 0 Å². The Labute approximate surface area is 180 Å². The van der Waals surface area contributed by atoms with Gasteiger partial charge < -0.3 is 15.0 Å². The number of carbonyl (C=O) groups is 1. The molecule has 1 aromatic rings. The number of ether oxygens (including phenoxy) is 1. The maximum absolute atomic E-state index is 11.8. The predicted octanol–water partition coefficient (Wildman–Crippen LogP) is 3.09. The van der Waals surface area contributed by atoms with Crippen LogP contribution in [0.15, 0.2) is 18.2 Å². The minimum Gasteiger partial charge on any atom is -0.491 e. The van der Waals surface area contributed by atoms with Crippen molar-refractivity contribution in [1.29, 1.82) is 0 Å². The molecule has 0 aliphatic carbocycles. The Bertz CT molecular complexity index is 837. The Kier molecular flexibility index (Phi) is 11.3. The van der Waals surface area contributed by atoms with Crippen molar-refractivity contribution in [2.24, 2.45) is 5.92 Å². The molecule has 1 aromatic carbocycles. The maximum Gasteiger partial charge on any atom is 0.264 e. The highest BCUT2D eigenvalue weighted by Crippen LogP contribution is 2.29. The van der Waals surface area contributed by atoms with Crippen molar-refractivity contribution in [3.05, 3.63) is 23.8 Å². The van der Waals surface area contributed by atoms with Crippen LogP contribution < -0.4 is 15.0 Å². The second-order valence-electron chi connectivity index (χ2n) is 7.22. The van der Waals surface area contributed by atoms with Gasteiger partial charge in [-0.15, -0.1) is 0 Å². The van der Waals surface area contributed by atoms with E-state index in [1.54, 1.807) is 0 Å². The van der Waals surface area contributed by atoms with Gasteiger partial charge in [0.1, 0.15) is 5.75 Å². The third kappa shape index (κ3) is 10.5. The molecule has 0 atom stereocenters. The molecule has 0 saturated heterocycles. The van der Waals surface area contributed by atoms with Crippen molar-refractivity contribution in [1.82, 2.24) is 5.32 Å². The number of hydrogen-bond donors (Lipinski definition) is 2. The first kappa shape index (κ1) is 25.8. The van der Waals surface area contributed by atoms with E-state index in [2.05, 4.69) is 49.8 Å². The monoisotopic (exact) mass is 438 g/mol. The summed E-state index contributed by atoms with van der Waals surface area (Å²) in [6.45, 7) is 10.6. The molecule has 0 radical (unpaired) electrons. The molecule has 7 nitrogen and oxygen atoms in total. The van der Waals surface area contributed by atoms with Crippen LogP contribution in [-0.4, -0.2) is 50.9 Å². The molecule has 2 N–H and O–H groups in total. The lowest BCUT2D eigenvalue weighted by molar-refractivity contribution is -0.121. The summed E-state index contributed by atoms with van der Waals surface area (Å²) < 4.78 is 35.9. The van der Waals surface area contributed by atoms with Gasteiger partial charge in [0.15, 0.2) is 0 Å². The number of benzene rings is 1. The number of rotatable bonds is 12. The molecule has 30 heavy (non-hydrogen) atoms. The van der Waals surface area contributed by atoms with E-state index in [0.717, 1.165) is 30.1 Å². The lowest BCUT2D eigenvalue weighted by Crippen LogP contribution is -2.26. The number of anilines is 1. The van der Waals surface area contributed by atoms with Gasteiger partial charge in [-0.05, 0) is 44.9 Å². The molecule has 0 heterocycles. The van der Waals surface area contributed by atoms with Crippen molar-refractivity contribution >= 4 is 21.7 Å². The Hall–Kier alpha value is -2.24. The van der Waals surface area contributed by atoms with Crippen molar-refractivity contribution in [2.75, 3.05) is 36.9 Å². The zero-order valence-electron chi connectivity index (χ0n) is 18.4. The summed E-state index contributed by atoms with van der Waals surface area (Å²) in [5.41, 5.74) is 1.94. The van der Waals surface area contributed by atoms with Crippen LogP contribution in [0.4, 0.5) is 5.69 Å². The molecular formula is C22H34N2O5S. The summed E-state index contributed by atoms with van der Waals surface area (Å²) in [4.78, 5) is 14.0. The van der Waals surface area contributed by atoms with Crippen LogP contribution in [0.5, 0.6) is 5.75 Å². The van der Waals surface area contributed by atoms with E-state index in [1.165, 1.54) is 0 Å². The number of amides is 1. The second-order valence-corrected chi connectivity index (χ2v) is 8.79. The average molecular weight is 439 g/mol. The van der Waals surface area contributed by atoms with E-state index < -0.39 is 10.1 Å². The first-order valence-electron chi connectivity index (χ1n) is 10.4. The molecule has 0 aliphatic rings. The highest BCUT2D eigenvalue weighted by Gasteiger charge is 2.11. The molecule has 0 aliphatic heterocycles. The first-order valence-corrected chi connectivity index (χ1v) is 12.0. The minimum atomic E-state index is -3.98. The third-order valence-corrected chi connectivity index (χ3v) is 5.08. The van der Waals surface area contributed by atoms with Gasteiger partial charge in [-0.25, -0.2) is 0 Å². The van der Waals surface area contributed by atoms with E-state index in [1.807, 2.05) is 18.2 Å².